The fraction of sp³-hybridized carbons (Fsp3) is 0.727. The minimum atomic E-state index is -0.498. The highest BCUT2D eigenvalue weighted by Crippen LogP contribution is 2.13. The maximum absolute atomic E-state index is 11.7. The molecule has 0 spiro atoms. The molecule has 0 saturated carbocycles. The molecule has 0 radical (unpaired) electrons. The van der Waals surface area contributed by atoms with E-state index in [1.54, 1.807) is 6.20 Å². The van der Waals surface area contributed by atoms with Crippen LogP contribution in [0.25, 0.3) is 0 Å². The predicted octanol–water partition coefficient (Wildman–Crippen LogP) is 1.89. The van der Waals surface area contributed by atoms with Crippen LogP contribution in [-0.2, 0) is 4.74 Å². The number of aliphatic hydroxyl groups excluding tert-OH is 1. The third-order valence-corrected chi connectivity index (χ3v) is 1.99. The van der Waals surface area contributed by atoms with Crippen molar-refractivity contribution in [3.8, 4) is 0 Å². The Balaban J connectivity index is 2.58. The van der Waals surface area contributed by atoms with Gasteiger partial charge >= 0.3 is 6.09 Å². The zero-order valence-electron chi connectivity index (χ0n) is 9.56. The van der Waals surface area contributed by atoms with Gasteiger partial charge in [0.1, 0.15) is 5.60 Å². The Morgan fingerprint density at radius 3 is 2.80 bits per heavy atom. The van der Waals surface area contributed by atoms with Crippen LogP contribution in [0.2, 0.25) is 0 Å². The molecular formula is C11H19NO3. The predicted molar refractivity (Wildman–Crippen MR) is 57.3 cm³/mol. The molecule has 0 bridgehead atoms. The number of rotatable bonds is 0. The average Bonchev–Trinajstić information content (AvgIpc) is 2.26. The molecule has 1 rings (SSSR count). The zero-order chi connectivity index (χ0) is 11.5. The molecule has 0 unspecified atom stereocenters. The molecule has 1 heterocycles. The Labute approximate surface area is 90.5 Å². The molecule has 0 fully saturated rings. The normalized spacial score (nSPS) is 22.4. The lowest BCUT2D eigenvalue weighted by Gasteiger charge is -2.25. The molecule has 4 nitrogen and oxygen atoms in total. The van der Waals surface area contributed by atoms with E-state index in [9.17, 15) is 9.90 Å². The molecule has 0 saturated heterocycles. The molecule has 0 aliphatic carbocycles. The van der Waals surface area contributed by atoms with Crippen molar-refractivity contribution < 1.29 is 14.6 Å². The summed E-state index contributed by atoms with van der Waals surface area (Å²) < 4.78 is 5.21. The molecule has 4 heteroatoms. The smallest absolute Gasteiger partial charge is 0.414 e. The summed E-state index contributed by atoms with van der Waals surface area (Å²) in [7, 11) is 0. The topological polar surface area (TPSA) is 49.8 Å². The van der Waals surface area contributed by atoms with Crippen molar-refractivity contribution in [2.45, 2.75) is 45.3 Å². The minimum Gasteiger partial charge on any atom is -0.443 e. The van der Waals surface area contributed by atoms with Crippen molar-refractivity contribution in [2.24, 2.45) is 0 Å². The molecule has 1 N–H and O–H groups in total. The van der Waals surface area contributed by atoms with Gasteiger partial charge in [-0.2, -0.15) is 0 Å². The number of hydrogen-bond donors (Lipinski definition) is 1. The van der Waals surface area contributed by atoms with Crippen LogP contribution in [-0.4, -0.2) is 34.3 Å². The van der Waals surface area contributed by atoms with E-state index >= 15 is 0 Å². The highest BCUT2D eigenvalue weighted by Gasteiger charge is 2.23. The molecule has 15 heavy (non-hydrogen) atoms. The quantitative estimate of drug-likeness (QED) is 0.668. The first-order valence-electron chi connectivity index (χ1n) is 5.23. The highest BCUT2D eigenvalue weighted by atomic mass is 16.6. The van der Waals surface area contributed by atoms with E-state index in [0.717, 1.165) is 6.42 Å². The van der Waals surface area contributed by atoms with Crippen molar-refractivity contribution in [2.75, 3.05) is 6.54 Å². The number of carbonyl (C=O) groups is 1. The van der Waals surface area contributed by atoms with Gasteiger partial charge in [-0.3, -0.25) is 4.90 Å². The largest absolute Gasteiger partial charge is 0.443 e. The second-order valence-electron chi connectivity index (χ2n) is 4.75. The van der Waals surface area contributed by atoms with E-state index in [4.69, 9.17) is 4.74 Å². The summed E-state index contributed by atoms with van der Waals surface area (Å²) >= 11 is 0. The summed E-state index contributed by atoms with van der Waals surface area (Å²) in [5.74, 6) is 0. The van der Waals surface area contributed by atoms with Gasteiger partial charge in [0.2, 0.25) is 0 Å². The molecule has 0 aromatic heterocycles. The fourth-order valence-corrected chi connectivity index (χ4v) is 1.33. The maximum atomic E-state index is 11.7. The van der Waals surface area contributed by atoms with Crippen LogP contribution in [0.5, 0.6) is 0 Å². The van der Waals surface area contributed by atoms with Crippen LogP contribution in [0.4, 0.5) is 4.79 Å². The first-order valence-corrected chi connectivity index (χ1v) is 5.23. The SMILES string of the molecule is CC(C)(C)OC(=O)N1C=CCC[C@H](O)C1. The number of amides is 1. The Kier molecular flexibility index (Phi) is 3.74. The van der Waals surface area contributed by atoms with Gasteiger partial charge in [-0.25, -0.2) is 4.79 Å². The first-order chi connectivity index (χ1) is 6.88. The van der Waals surface area contributed by atoms with Crippen molar-refractivity contribution in [1.82, 2.24) is 4.90 Å². The Morgan fingerprint density at radius 2 is 2.20 bits per heavy atom. The number of ether oxygens (including phenoxy) is 1. The fourth-order valence-electron chi connectivity index (χ4n) is 1.33. The van der Waals surface area contributed by atoms with Crippen molar-refractivity contribution in [1.29, 1.82) is 0 Å². The molecule has 1 amide bonds. The third kappa shape index (κ3) is 4.34. The van der Waals surface area contributed by atoms with Gasteiger partial charge in [-0.1, -0.05) is 6.08 Å². The van der Waals surface area contributed by atoms with Gasteiger partial charge in [-0.05, 0) is 33.6 Å². The van der Waals surface area contributed by atoms with Gasteiger partial charge in [0.15, 0.2) is 0 Å². The summed E-state index contributed by atoms with van der Waals surface area (Å²) in [4.78, 5) is 13.1. The number of aliphatic hydroxyl groups is 1. The minimum absolute atomic E-state index is 0.311. The van der Waals surface area contributed by atoms with Crippen molar-refractivity contribution in [3.05, 3.63) is 12.3 Å². The molecule has 1 atom stereocenters. The summed E-state index contributed by atoms with van der Waals surface area (Å²) in [5.41, 5.74) is -0.498. The Bertz CT molecular complexity index is 255. The van der Waals surface area contributed by atoms with Gasteiger partial charge in [0, 0.05) is 6.20 Å². The zero-order valence-corrected chi connectivity index (χ0v) is 9.56. The lowest BCUT2D eigenvalue weighted by Crippen LogP contribution is -2.37. The molecule has 86 valence electrons. The molecule has 1 aliphatic heterocycles. The third-order valence-electron chi connectivity index (χ3n) is 1.99. The number of hydrogen-bond acceptors (Lipinski definition) is 3. The molecule has 1 aliphatic rings. The average molecular weight is 213 g/mol. The van der Waals surface area contributed by atoms with E-state index in [1.807, 2.05) is 26.8 Å². The number of β-amino-alcohol motifs (C(OH)–C–C–N with tert-alkyl or cyclic N) is 1. The van der Waals surface area contributed by atoms with Crippen LogP contribution in [0, 0.1) is 0 Å². The highest BCUT2D eigenvalue weighted by molar-refractivity contribution is 5.69. The second-order valence-corrected chi connectivity index (χ2v) is 4.75. The van der Waals surface area contributed by atoms with E-state index in [1.165, 1.54) is 4.90 Å². The van der Waals surface area contributed by atoms with Crippen LogP contribution in [0.15, 0.2) is 12.3 Å². The van der Waals surface area contributed by atoms with Crippen LogP contribution < -0.4 is 0 Å². The molecular weight excluding hydrogens is 194 g/mol. The van der Waals surface area contributed by atoms with E-state index in [0.29, 0.717) is 13.0 Å². The summed E-state index contributed by atoms with van der Waals surface area (Å²) in [6.07, 6.45) is 4.17. The number of carbonyl (C=O) groups excluding carboxylic acids is 1. The van der Waals surface area contributed by atoms with Gasteiger partial charge in [0.25, 0.3) is 0 Å². The van der Waals surface area contributed by atoms with E-state index in [-0.39, 0.29) is 0 Å². The van der Waals surface area contributed by atoms with Gasteiger partial charge in [-0.15, -0.1) is 0 Å². The van der Waals surface area contributed by atoms with Crippen LogP contribution in [0.3, 0.4) is 0 Å². The lowest BCUT2D eigenvalue weighted by molar-refractivity contribution is 0.0256. The standard InChI is InChI=1S/C11H19NO3/c1-11(2,3)15-10(14)12-7-5-4-6-9(13)8-12/h5,7,9,13H,4,6,8H2,1-3H3/t9-/m0/s1. The van der Waals surface area contributed by atoms with Gasteiger partial charge < -0.3 is 9.84 Å². The first kappa shape index (κ1) is 12.0. The van der Waals surface area contributed by atoms with Crippen LogP contribution in [0.1, 0.15) is 33.6 Å². The van der Waals surface area contributed by atoms with E-state index < -0.39 is 17.8 Å². The second kappa shape index (κ2) is 4.66. The summed E-state index contributed by atoms with van der Waals surface area (Å²) in [6, 6.07) is 0. The lowest BCUT2D eigenvalue weighted by atomic mass is 10.2. The number of nitrogens with zero attached hydrogens (tertiary/aromatic N) is 1. The summed E-state index contributed by atoms with van der Waals surface area (Å²) in [6.45, 7) is 5.78. The molecule has 0 aromatic carbocycles. The Morgan fingerprint density at radius 1 is 1.53 bits per heavy atom. The Hall–Kier alpha value is -1.03. The van der Waals surface area contributed by atoms with Crippen LogP contribution >= 0.6 is 0 Å². The van der Waals surface area contributed by atoms with E-state index in [2.05, 4.69) is 0 Å². The molecule has 0 aromatic rings. The number of allylic oxidation sites excluding steroid dienone is 1. The summed E-state index contributed by atoms with van der Waals surface area (Å²) in [5, 5.41) is 9.52. The van der Waals surface area contributed by atoms with Crippen molar-refractivity contribution in [3.63, 3.8) is 0 Å². The monoisotopic (exact) mass is 213 g/mol. The van der Waals surface area contributed by atoms with Crippen molar-refractivity contribution >= 4 is 6.09 Å². The maximum Gasteiger partial charge on any atom is 0.414 e. The van der Waals surface area contributed by atoms with Gasteiger partial charge in [0.05, 0.1) is 12.6 Å².